The van der Waals surface area contributed by atoms with Crippen LogP contribution in [0.4, 0.5) is 11.4 Å². The van der Waals surface area contributed by atoms with E-state index in [2.05, 4.69) is 5.32 Å². The summed E-state index contributed by atoms with van der Waals surface area (Å²) in [4.78, 5) is 12.2. The van der Waals surface area contributed by atoms with Crippen molar-refractivity contribution in [3.8, 4) is 6.07 Å². The number of nitrogens with zero attached hydrogens (tertiary/aromatic N) is 1. The number of hydrogen-bond acceptors (Lipinski definition) is 3. The maximum absolute atomic E-state index is 12.2. The lowest BCUT2D eigenvalue weighted by Gasteiger charge is -2.11. The van der Waals surface area contributed by atoms with E-state index in [0.717, 1.165) is 11.1 Å². The molecule has 0 spiro atoms. The van der Waals surface area contributed by atoms with Crippen molar-refractivity contribution in [1.82, 2.24) is 0 Å². The van der Waals surface area contributed by atoms with E-state index in [4.69, 9.17) is 11.0 Å². The number of amides is 1. The SMILES string of the molecule is Cc1cc(N)c(NC(=O)c2cccc(C#N)c2)cc1C. The highest BCUT2D eigenvalue weighted by molar-refractivity contribution is 6.06. The van der Waals surface area contributed by atoms with E-state index < -0.39 is 0 Å². The minimum Gasteiger partial charge on any atom is -0.397 e. The third kappa shape index (κ3) is 2.78. The molecule has 0 saturated heterocycles. The largest absolute Gasteiger partial charge is 0.397 e. The number of anilines is 2. The Morgan fingerprint density at radius 2 is 1.90 bits per heavy atom. The van der Waals surface area contributed by atoms with E-state index in [1.807, 2.05) is 32.0 Å². The molecule has 2 aromatic carbocycles. The number of rotatable bonds is 2. The molecule has 20 heavy (non-hydrogen) atoms. The number of aryl methyl sites for hydroxylation is 2. The lowest BCUT2D eigenvalue weighted by atomic mass is 10.1. The van der Waals surface area contributed by atoms with Crippen LogP contribution in [0.5, 0.6) is 0 Å². The zero-order valence-electron chi connectivity index (χ0n) is 11.4. The fraction of sp³-hybridized carbons (Fsp3) is 0.125. The van der Waals surface area contributed by atoms with Crippen LogP contribution in [0.3, 0.4) is 0 Å². The van der Waals surface area contributed by atoms with Gasteiger partial charge in [-0.05, 0) is 55.3 Å². The molecule has 3 N–H and O–H groups in total. The van der Waals surface area contributed by atoms with Gasteiger partial charge < -0.3 is 11.1 Å². The monoisotopic (exact) mass is 265 g/mol. The summed E-state index contributed by atoms with van der Waals surface area (Å²) in [5.74, 6) is -0.281. The number of carbonyl (C=O) groups is 1. The van der Waals surface area contributed by atoms with Crippen LogP contribution in [0.15, 0.2) is 36.4 Å². The molecule has 4 nitrogen and oxygen atoms in total. The number of nitriles is 1. The molecule has 0 aromatic heterocycles. The van der Waals surface area contributed by atoms with Gasteiger partial charge in [0.15, 0.2) is 0 Å². The summed E-state index contributed by atoms with van der Waals surface area (Å²) in [5, 5.41) is 11.6. The summed E-state index contributed by atoms with van der Waals surface area (Å²) in [5.41, 5.74) is 10.0. The fourth-order valence-electron chi connectivity index (χ4n) is 1.87. The smallest absolute Gasteiger partial charge is 0.255 e. The molecule has 4 heteroatoms. The Labute approximate surface area is 117 Å². The van der Waals surface area contributed by atoms with E-state index in [1.54, 1.807) is 24.3 Å². The normalized spacial score (nSPS) is 9.85. The maximum atomic E-state index is 12.2. The van der Waals surface area contributed by atoms with Crippen LogP contribution >= 0.6 is 0 Å². The minimum absolute atomic E-state index is 0.281. The van der Waals surface area contributed by atoms with Gasteiger partial charge in [0.05, 0.1) is 23.0 Å². The van der Waals surface area contributed by atoms with Crippen molar-refractivity contribution in [3.63, 3.8) is 0 Å². The first-order valence-electron chi connectivity index (χ1n) is 6.19. The first-order valence-corrected chi connectivity index (χ1v) is 6.19. The highest BCUT2D eigenvalue weighted by Gasteiger charge is 2.09. The molecule has 0 unspecified atom stereocenters. The number of nitrogens with one attached hydrogen (secondary N) is 1. The van der Waals surface area contributed by atoms with Gasteiger partial charge in [0, 0.05) is 5.56 Å². The molecule has 0 aliphatic rings. The second kappa shape index (κ2) is 5.45. The Bertz CT molecular complexity index is 714. The van der Waals surface area contributed by atoms with Gasteiger partial charge in [-0.2, -0.15) is 5.26 Å². The summed E-state index contributed by atoms with van der Waals surface area (Å²) in [6, 6.07) is 12.2. The first-order chi connectivity index (χ1) is 9.51. The molecule has 0 aliphatic heterocycles. The van der Waals surface area contributed by atoms with E-state index in [0.29, 0.717) is 22.5 Å². The number of benzene rings is 2. The van der Waals surface area contributed by atoms with Crippen LogP contribution in [0, 0.1) is 25.2 Å². The fourth-order valence-corrected chi connectivity index (χ4v) is 1.87. The van der Waals surface area contributed by atoms with Crippen molar-refractivity contribution in [3.05, 3.63) is 58.7 Å². The zero-order valence-corrected chi connectivity index (χ0v) is 11.4. The van der Waals surface area contributed by atoms with Crippen LogP contribution in [-0.2, 0) is 0 Å². The van der Waals surface area contributed by atoms with Crippen LogP contribution in [0.2, 0.25) is 0 Å². The van der Waals surface area contributed by atoms with Gasteiger partial charge in [0.25, 0.3) is 5.91 Å². The van der Waals surface area contributed by atoms with Gasteiger partial charge in [-0.25, -0.2) is 0 Å². The molecule has 0 saturated carbocycles. The molecule has 1 amide bonds. The van der Waals surface area contributed by atoms with Gasteiger partial charge in [-0.15, -0.1) is 0 Å². The second-order valence-electron chi connectivity index (χ2n) is 4.67. The van der Waals surface area contributed by atoms with E-state index in [9.17, 15) is 4.79 Å². The zero-order chi connectivity index (χ0) is 14.7. The molecule has 0 radical (unpaired) electrons. The van der Waals surface area contributed by atoms with E-state index >= 15 is 0 Å². The molecule has 0 fully saturated rings. The topological polar surface area (TPSA) is 78.9 Å². The number of hydrogen-bond donors (Lipinski definition) is 2. The summed E-state index contributed by atoms with van der Waals surface area (Å²) in [6.45, 7) is 3.93. The van der Waals surface area contributed by atoms with Crippen LogP contribution < -0.4 is 11.1 Å². The molecular weight excluding hydrogens is 250 g/mol. The lowest BCUT2D eigenvalue weighted by molar-refractivity contribution is 0.102. The lowest BCUT2D eigenvalue weighted by Crippen LogP contribution is -2.13. The summed E-state index contributed by atoms with van der Waals surface area (Å²) in [7, 11) is 0. The van der Waals surface area contributed by atoms with Crippen molar-refractivity contribution in [2.75, 3.05) is 11.1 Å². The predicted octanol–water partition coefficient (Wildman–Crippen LogP) is 3.01. The van der Waals surface area contributed by atoms with Gasteiger partial charge in [-0.3, -0.25) is 4.79 Å². The predicted molar refractivity (Wildman–Crippen MR) is 79.4 cm³/mol. The van der Waals surface area contributed by atoms with Crippen molar-refractivity contribution in [2.45, 2.75) is 13.8 Å². The Morgan fingerprint density at radius 1 is 1.20 bits per heavy atom. The van der Waals surface area contributed by atoms with Crippen molar-refractivity contribution in [1.29, 1.82) is 5.26 Å². The van der Waals surface area contributed by atoms with Crippen molar-refractivity contribution >= 4 is 17.3 Å². The summed E-state index contributed by atoms with van der Waals surface area (Å²) >= 11 is 0. The number of nitrogen functional groups attached to an aromatic ring is 1. The Balaban J connectivity index is 2.28. The Morgan fingerprint density at radius 3 is 2.60 bits per heavy atom. The molecule has 0 bridgehead atoms. The maximum Gasteiger partial charge on any atom is 0.255 e. The van der Waals surface area contributed by atoms with Crippen LogP contribution in [0.25, 0.3) is 0 Å². The second-order valence-corrected chi connectivity index (χ2v) is 4.67. The van der Waals surface area contributed by atoms with E-state index in [1.165, 1.54) is 0 Å². The summed E-state index contributed by atoms with van der Waals surface area (Å²) < 4.78 is 0. The molecule has 2 aromatic rings. The van der Waals surface area contributed by atoms with Gasteiger partial charge in [0.2, 0.25) is 0 Å². The molecular formula is C16H15N3O. The third-order valence-corrected chi connectivity index (χ3v) is 3.17. The quantitative estimate of drug-likeness (QED) is 0.819. The number of nitrogens with two attached hydrogens (primary N) is 1. The highest BCUT2D eigenvalue weighted by Crippen LogP contribution is 2.23. The Kier molecular flexibility index (Phi) is 3.72. The van der Waals surface area contributed by atoms with E-state index in [-0.39, 0.29) is 5.91 Å². The van der Waals surface area contributed by atoms with Crippen LogP contribution in [-0.4, -0.2) is 5.91 Å². The van der Waals surface area contributed by atoms with Crippen LogP contribution in [0.1, 0.15) is 27.0 Å². The molecule has 100 valence electrons. The molecule has 0 heterocycles. The molecule has 2 rings (SSSR count). The summed E-state index contributed by atoms with van der Waals surface area (Å²) in [6.07, 6.45) is 0. The molecule has 0 atom stereocenters. The highest BCUT2D eigenvalue weighted by atomic mass is 16.1. The average Bonchev–Trinajstić information content (AvgIpc) is 2.44. The Hall–Kier alpha value is -2.80. The third-order valence-electron chi connectivity index (χ3n) is 3.17. The van der Waals surface area contributed by atoms with Gasteiger partial charge in [-0.1, -0.05) is 6.07 Å². The standard InChI is InChI=1S/C16H15N3O/c1-10-6-14(18)15(7-11(10)2)19-16(20)13-5-3-4-12(8-13)9-17/h3-8H,18H2,1-2H3,(H,19,20). The first kappa shape index (κ1) is 13.6. The average molecular weight is 265 g/mol. The van der Waals surface area contributed by atoms with Crippen molar-refractivity contribution in [2.24, 2.45) is 0 Å². The van der Waals surface area contributed by atoms with Gasteiger partial charge in [0.1, 0.15) is 0 Å². The van der Waals surface area contributed by atoms with Crippen molar-refractivity contribution < 1.29 is 4.79 Å². The molecule has 0 aliphatic carbocycles. The van der Waals surface area contributed by atoms with Gasteiger partial charge >= 0.3 is 0 Å². The minimum atomic E-state index is -0.281. The number of carbonyl (C=O) groups excluding carboxylic acids is 1.